The molecule has 0 radical (unpaired) electrons. The van der Waals surface area contributed by atoms with E-state index < -0.39 is 10.9 Å². The molecule has 1 heterocycles. The number of nitro benzene ring substituents is 1. The highest BCUT2D eigenvalue weighted by Crippen LogP contribution is 2.31. The predicted octanol–water partition coefficient (Wildman–Crippen LogP) is 3.35. The molecule has 2 atom stereocenters. The third-order valence-electron chi connectivity index (χ3n) is 4.38. The monoisotopic (exact) mass is 356 g/mol. The van der Waals surface area contributed by atoms with Crippen LogP contribution >= 0.6 is 0 Å². The minimum atomic E-state index is -0.723. The van der Waals surface area contributed by atoms with E-state index in [-0.39, 0.29) is 23.5 Å². The van der Waals surface area contributed by atoms with Crippen LogP contribution in [0, 0.1) is 10.1 Å². The molecular formula is C19H20N2O5. The van der Waals surface area contributed by atoms with Crippen LogP contribution < -0.4 is 4.90 Å². The van der Waals surface area contributed by atoms with Gasteiger partial charge in [-0.1, -0.05) is 30.3 Å². The van der Waals surface area contributed by atoms with Crippen molar-refractivity contribution in [3.63, 3.8) is 0 Å². The van der Waals surface area contributed by atoms with Gasteiger partial charge < -0.3 is 14.4 Å². The van der Waals surface area contributed by atoms with E-state index in [0.717, 1.165) is 11.3 Å². The highest BCUT2D eigenvalue weighted by molar-refractivity contribution is 5.95. The van der Waals surface area contributed by atoms with E-state index in [4.69, 9.17) is 9.47 Å². The first-order valence-corrected chi connectivity index (χ1v) is 8.31. The molecule has 2 aromatic rings. The van der Waals surface area contributed by atoms with Crippen molar-refractivity contribution in [1.29, 1.82) is 0 Å². The van der Waals surface area contributed by atoms with Crippen molar-refractivity contribution >= 4 is 17.3 Å². The van der Waals surface area contributed by atoms with Gasteiger partial charge in [0.15, 0.2) is 0 Å². The zero-order valence-corrected chi connectivity index (χ0v) is 14.6. The number of hydrogen-bond acceptors (Lipinski definition) is 6. The van der Waals surface area contributed by atoms with E-state index in [9.17, 15) is 14.9 Å². The smallest absolute Gasteiger partial charge is 0.344 e. The number of esters is 1. The van der Waals surface area contributed by atoms with Crippen molar-refractivity contribution in [3.05, 3.63) is 69.8 Å². The zero-order chi connectivity index (χ0) is 18.7. The fourth-order valence-corrected chi connectivity index (χ4v) is 3.17. The van der Waals surface area contributed by atoms with Gasteiger partial charge in [-0.3, -0.25) is 10.1 Å². The highest BCUT2D eigenvalue weighted by atomic mass is 16.6. The summed E-state index contributed by atoms with van der Waals surface area (Å²) in [7, 11) is 1.21. The Labute approximate surface area is 151 Å². The Hall–Kier alpha value is -2.93. The Bertz CT molecular complexity index is 809. The van der Waals surface area contributed by atoms with Crippen LogP contribution in [0.4, 0.5) is 11.4 Å². The maximum atomic E-state index is 12.0. The van der Waals surface area contributed by atoms with E-state index in [0.29, 0.717) is 13.1 Å². The molecule has 3 rings (SSSR count). The molecule has 2 aromatic carbocycles. The van der Waals surface area contributed by atoms with E-state index in [1.165, 1.54) is 19.2 Å². The topological polar surface area (TPSA) is 81.9 Å². The van der Waals surface area contributed by atoms with Crippen molar-refractivity contribution in [1.82, 2.24) is 0 Å². The van der Waals surface area contributed by atoms with Gasteiger partial charge in [0.05, 0.1) is 18.1 Å². The van der Waals surface area contributed by atoms with Crippen LogP contribution in [-0.2, 0) is 9.47 Å². The molecule has 136 valence electrons. The van der Waals surface area contributed by atoms with Gasteiger partial charge in [0, 0.05) is 24.8 Å². The minimum Gasteiger partial charge on any atom is -0.465 e. The summed E-state index contributed by atoms with van der Waals surface area (Å²) >= 11 is 0. The van der Waals surface area contributed by atoms with Crippen molar-refractivity contribution in [2.45, 2.75) is 19.1 Å². The second-order valence-electron chi connectivity index (χ2n) is 6.20. The summed E-state index contributed by atoms with van der Waals surface area (Å²) in [5.74, 6) is -0.723. The van der Waals surface area contributed by atoms with Crippen molar-refractivity contribution in [2.24, 2.45) is 0 Å². The van der Waals surface area contributed by atoms with Gasteiger partial charge in [-0.15, -0.1) is 0 Å². The number of nitro groups is 1. The SMILES string of the molecule is COC(=O)c1cc(N2CC(C)OC(c3ccccc3)C2)ccc1[N+](=O)[O-]. The molecule has 1 aliphatic heterocycles. The lowest BCUT2D eigenvalue weighted by Crippen LogP contribution is -2.43. The normalized spacial score (nSPS) is 19.8. The highest BCUT2D eigenvalue weighted by Gasteiger charge is 2.29. The summed E-state index contributed by atoms with van der Waals surface area (Å²) in [6.07, 6.45) is -0.137. The first kappa shape index (κ1) is 17.9. The number of rotatable bonds is 4. The van der Waals surface area contributed by atoms with Crippen molar-refractivity contribution in [2.75, 3.05) is 25.1 Å². The number of nitrogens with zero attached hydrogens (tertiary/aromatic N) is 2. The summed E-state index contributed by atoms with van der Waals surface area (Å²) in [4.78, 5) is 24.6. The van der Waals surface area contributed by atoms with Gasteiger partial charge in [-0.05, 0) is 24.6 Å². The molecule has 0 bridgehead atoms. The molecule has 0 amide bonds. The van der Waals surface area contributed by atoms with Crippen molar-refractivity contribution < 1.29 is 19.2 Å². The number of methoxy groups -OCH3 is 1. The van der Waals surface area contributed by atoms with Crippen molar-refractivity contribution in [3.8, 4) is 0 Å². The van der Waals surface area contributed by atoms with Gasteiger partial charge in [-0.2, -0.15) is 0 Å². The molecule has 7 heteroatoms. The molecule has 2 unspecified atom stereocenters. The average Bonchev–Trinajstić information content (AvgIpc) is 2.67. The standard InChI is InChI=1S/C19H20N2O5/c1-13-11-20(12-18(26-13)14-6-4-3-5-7-14)15-8-9-17(21(23)24)16(10-15)19(22)25-2/h3-10,13,18H,11-12H2,1-2H3. The van der Waals surface area contributed by atoms with Gasteiger partial charge in [0.1, 0.15) is 11.7 Å². The molecule has 0 aromatic heterocycles. The molecule has 7 nitrogen and oxygen atoms in total. The Morgan fingerprint density at radius 1 is 1.23 bits per heavy atom. The molecule has 26 heavy (non-hydrogen) atoms. The molecule has 1 fully saturated rings. The molecular weight excluding hydrogens is 336 g/mol. The van der Waals surface area contributed by atoms with Crippen LogP contribution in [0.1, 0.15) is 28.9 Å². The van der Waals surface area contributed by atoms with Crippen LogP contribution in [0.2, 0.25) is 0 Å². The van der Waals surface area contributed by atoms with E-state index >= 15 is 0 Å². The molecule has 1 saturated heterocycles. The van der Waals surface area contributed by atoms with E-state index in [1.54, 1.807) is 6.07 Å². The minimum absolute atomic E-state index is 0.0225. The molecule has 0 N–H and O–H groups in total. The summed E-state index contributed by atoms with van der Waals surface area (Å²) in [5.41, 5.74) is 1.48. The Morgan fingerprint density at radius 3 is 2.62 bits per heavy atom. The van der Waals surface area contributed by atoms with Crippen LogP contribution in [0.25, 0.3) is 0 Å². The number of hydrogen-bond donors (Lipinski definition) is 0. The Balaban J connectivity index is 1.92. The van der Waals surface area contributed by atoms with Crippen LogP contribution in [-0.4, -0.2) is 37.2 Å². The predicted molar refractivity (Wildman–Crippen MR) is 96.4 cm³/mol. The Morgan fingerprint density at radius 2 is 1.96 bits per heavy atom. The number of anilines is 1. The third-order valence-corrected chi connectivity index (χ3v) is 4.38. The molecule has 0 spiro atoms. The summed E-state index contributed by atoms with van der Waals surface area (Å²) in [5, 5.41) is 11.2. The number of carbonyl (C=O) groups excluding carboxylic acids is 1. The third kappa shape index (κ3) is 3.67. The summed E-state index contributed by atoms with van der Waals surface area (Å²) in [6, 6.07) is 14.4. The first-order valence-electron chi connectivity index (χ1n) is 8.31. The van der Waals surface area contributed by atoms with E-state index in [1.807, 2.05) is 37.3 Å². The first-order chi connectivity index (χ1) is 12.5. The van der Waals surface area contributed by atoms with Crippen LogP contribution in [0.15, 0.2) is 48.5 Å². The summed E-state index contributed by atoms with van der Waals surface area (Å²) < 4.78 is 10.7. The van der Waals surface area contributed by atoms with Crippen LogP contribution in [0.3, 0.4) is 0 Å². The lowest BCUT2D eigenvalue weighted by molar-refractivity contribution is -0.385. The van der Waals surface area contributed by atoms with Crippen LogP contribution in [0.5, 0.6) is 0 Å². The number of benzene rings is 2. The fourth-order valence-electron chi connectivity index (χ4n) is 3.17. The van der Waals surface area contributed by atoms with E-state index in [2.05, 4.69) is 4.90 Å². The maximum Gasteiger partial charge on any atom is 0.344 e. The number of morpholine rings is 1. The maximum absolute atomic E-state index is 12.0. The van der Waals surface area contributed by atoms with Gasteiger partial charge in [-0.25, -0.2) is 4.79 Å². The largest absolute Gasteiger partial charge is 0.465 e. The second-order valence-corrected chi connectivity index (χ2v) is 6.20. The van der Waals surface area contributed by atoms with Gasteiger partial charge in [0.25, 0.3) is 5.69 Å². The summed E-state index contributed by atoms with van der Waals surface area (Å²) in [6.45, 7) is 3.20. The average molecular weight is 356 g/mol. The quantitative estimate of drug-likeness (QED) is 0.475. The van der Waals surface area contributed by atoms with Gasteiger partial charge in [0.2, 0.25) is 0 Å². The molecule has 1 aliphatic rings. The lowest BCUT2D eigenvalue weighted by atomic mass is 10.0. The zero-order valence-electron chi connectivity index (χ0n) is 14.6. The Kier molecular flexibility index (Phi) is 5.18. The number of carbonyl (C=O) groups is 1. The molecule has 0 aliphatic carbocycles. The van der Waals surface area contributed by atoms with Gasteiger partial charge >= 0.3 is 5.97 Å². The number of ether oxygens (including phenoxy) is 2. The molecule has 0 saturated carbocycles. The second kappa shape index (κ2) is 7.53. The fraction of sp³-hybridized carbons (Fsp3) is 0.316. The lowest BCUT2D eigenvalue weighted by Gasteiger charge is -2.38.